The van der Waals surface area contributed by atoms with Crippen LogP contribution in [0.2, 0.25) is 0 Å². The molecule has 3 rings (SSSR count). The van der Waals surface area contributed by atoms with Crippen LogP contribution in [0.25, 0.3) is 0 Å². The molecule has 20 heavy (non-hydrogen) atoms. The first-order valence-electron chi connectivity index (χ1n) is 6.70. The number of carbonyl (C=O) groups excluding carboxylic acids is 1. The van der Waals surface area contributed by atoms with Crippen LogP contribution < -0.4 is 15.4 Å². The van der Waals surface area contributed by atoms with Gasteiger partial charge in [0, 0.05) is 11.7 Å². The van der Waals surface area contributed by atoms with Crippen molar-refractivity contribution in [1.29, 1.82) is 0 Å². The van der Waals surface area contributed by atoms with Gasteiger partial charge in [0.05, 0.1) is 11.3 Å². The maximum Gasteiger partial charge on any atom is 0.240 e. The molecule has 2 heterocycles. The van der Waals surface area contributed by atoms with Gasteiger partial charge < -0.3 is 10.6 Å². The molecule has 2 aliphatic heterocycles. The van der Waals surface area contributed by atoms with E-state index in [1.54, 1.807) is 12.1 Å². The van der Waals surface area contributed by atoms with Crippen molar-refractivity contribution in [2.45, 2.75) is 30.2 Å². The van der Waals surface area contributed by atoms with Crippen molar-refractivity contribution in [1.82, 2.24) is 10.0 Å². The van der Waals surface area contributed by atoms with Crippen LogP contribution in [-0.4, -0.2) is 33.5 Å². The molecular formula is C13H17N3O3S. The molecule has 0 bridgehead atoms. The third-order valence-electron chi connectivity index (χ3n) is 3.67. The average Bonchev–Trinajstić information content (AvgIpc) is 2.78. The van der Waals surface area contributed by atoms with Crippen LogP contribution in [0, 0.1) is 0 Å². The number of amides is 1. The summed E-state index contributed by atoms with van der Waals surface area (Å²) < 4.78 is 27.4. The number of carbonyl (C=O) groups is 1. The molecular weight excluding hydrogens is 278 g/mol. The van der Waals surface area contributed by atoms with Gasteiger partial charge in [0.25, 0.3) is 0 Å². The van der Waals surface area contributed by atoms with Crippen molar-refractivity contribution in [2.75, 3.05) is 18.4 Å². The van der Waals surface area contributed by atoms with Gasteiger partial charge in [-0.15, -0.1) is 0 Å². The van der Waals surface area contributed by atoms with Crippen LogP contribution in [0.5, 0.6) is 0 Å². The summed E-state index contributed by atoms with van der Waals surface area (Å²) in [5, 5.41) is 5.89. The standard InChI is InChI=1S/C13H17N3O3S/c17-13-8-9-7-11(1-2-12(9)15-13)20(18,19)16-10-3-5-14-6-4-10/h1-2,7,10,14,16H,3-6,8H2,(H,15,17). The topological polar surface area (TPSA) is 87.3 Å². The lowest BCUT2D eigenvalue weighted by Gasteiger charge is -2.23. The molecule has 7 heteroatoms. The Balaban J connectivity index is 1.81. The quantitative estimate of drug-likeness (QED) is 0.744. The lowest BCUT2D eigenvalue weighted by molar-refractivity contribution is -0.115. The van der Waals surface area contributed by atoms with Gasteiger partial charge in [-0.05, 0) is 49.7 Å². The Hall–Kier alpha value is -1.44. The normalized spacial score (nSPS) is 19.7. The molecule has 6 nitrogen and oxygen atoms in total. The van der Waals surface area contributed by atoms with E-state index in [9.17, 15) is 13.2 Å². The van der Waals surface area contributed by atoms with Crippen molar-refractivity contribution in [3.8, 4) is 0 Å². The zero-order valence-corrected chi connectivity index (χ0v) is 11.8. The number of anilines is 1. The smallest absolute Gasteiger partial charge is 0.240 e. The summed E-state index contributed by atoms with van der Waals surface area (Å²) in [6, 6.07) is 4.75. The first-order chi connectivity index (χ1) is 9.54. The second-order valence-corrected chi connectivity index (χ2v) is 6.90. The van der Waals surface area contributed by atoms with Crippen molar-refractivity contribution in [3.05, 3.63) is 23.8 Å². The molecule has 1 saturated heterocycles. The molecule has 0 radical (unpaired) electrons. The number of nitrogens with one attached hydrogen (secondary N) is 3. The Morgan fingerprint density at radius 3 is 2.70 bits per heavy atom. The molecule has 1 fully saturated rings. The predicted molar refractivity (Wildman–Crippen MR) is 75.0 cm³/mol. The molecule has 1 aromatic rings. The number of fused-ring (bicyclic) bond motifs is 1. The SMILES string of the molecule is O=C1Cc2cc(S(=O)(=O)NC3CCNCC3)ccc2N1. The van der Waals surface area contributed by atoms with E-state index >= 15 is 0 Å². The number of piperidine rings is 1. The second-order valence-electron chi connectivity index (χ2n) is 5.19. The van der Waals surface area contributed by atoms with Gasteiger partial charge in [-0.2, -0.15) is 0 Å². The van der Waals surface area contributed by atoms with Gasteiger partial charge in [0.15, 0.2) is 0 Å². The minimum Gasteiger partial charge on any atom is -0.326 e. The fraction of sp³-hybridized carbons (Fsp3) is 0.462. The lowest BCUT2D eigenvalue weighted by atomic mass is 10.1. The lowest BCUT2D eigenvalue weighted by Crippen LogP contribution is -2.42. The number of sulfonamides is 1. The van der Waals surface area contributed by atoms with E-state index in [0.29, 0.717) is 5.69 Å². The third-order valence-corrected chi connectivity index (χ3v) is 5.19. The molecule has 0 unspecified atom stereocenters. The van der Waals surface area contributed by atoms with E-state index < -0.39 is 10.0 Å². The number of hydrogen-bond acceptors (Lipinski definition) is 4. The molecule has 1 amide bonds. The predicted octanol–water partition coefficient (Wildman–Crippen LogP) is 0.211. The van der Waals surface area contributed by atoms with E-state index in [4.69, 9.17) is 0 Å². The van der Waals surface area contributed by atoms with Gasteiger partial charge in [-0.25, -0.2) is 13.1 Å². The molecule has 0 aliphatic carbocycles. The maximum absolute atomic E-state index is 12.3. The summed E-state index contributed by atoms with van der Waals surface area (Å²) in [4.78, 5) is 11.5. The van der Waals surface area contributed by atoms with E-state index in [1.807, 2.05) is 0 Å². The highest BCUT2D eigenvalue weighted by molar-refractivity contribution is 7.89. The van der Waals surface area contributed by atoms with E-state index in [-0.39, 0.29) is 23.3 Å². The summed E-state index contributed by atoms with van der Waals surface area (Å²) in [6.07, 6.45) is 1.83. The zero-order chi connectivity index (χ0) is 14.2. The first kappa shape index (κ1) is 13.5. The van der Waals surface area contributed by atoms with E-state index in [1.165, 1.54) is 6.07 Å². The molecule has 3 N–H and O–H groups in total. The maximum atomic E-state index is 12.3. The third kappa shape index (κ3) is 2.70. The molecule has 0 saturated carbocycles. The Kier molecular flexibility index (Phi) is 3.49. The van der Waals surface area contributed by atoms with Crippen LogP contribution in [0.1, 0.15) is 18.4 Å². The molecule has 0 atom stereocenters. The zero-order valence-electron chi connectivity index (χ0n) is 11.0. The summed E-state index contributed by atoms with van der Waals surface area (Å²) in [6.45, 7) is 1.66. The molecule has 1 aromatic carbocycles. The van der Waals surface area contributed by atoms with E-state index in [0.717, 1.165) is 31.5 Å². The molecule has 2 aliphatic rings. The highest BCUT2D eigenvalue weighted by Crippen LogP contribution is 2.26. The highest BCUT2D eigenvalue weighted by atomic mass is 32.2. The highest BCUT2D eigenvalue weighted by Gasteiger charge is 2.24. The summed E-state index contributed by atoms with van der Waals surface area (Å²) in [7, 11) is -3.52. The Morgan fingerprint density at radius 2 is 1.95 bits per heavy atom. The van der Waals surface area contributed by atoms with Crippen LogP contribution >= 0.6 is 0 Å². The average molecular weight is 295 g/mol. The first-order valence-corrected chi connectivity index (χ1v) is 8.19. The Labute approximate surface area is 118 Å². The van der Waals surface area contributed by atoms with Gasteiger partial charge in [0.1, 0.15) is 0 Å². The van der Waals surface area contributed by atoms with Crippen LogP contribution in [0.15, 0.2) is 23.1 Å². The summed E-state index contributed by atoms with van der Waals surface area (Å²) in [5.41, 5.74) is 1.44. The fourth-order valence-corrected chi connectivity index (χ4v) is 3.96. The number of rotatable bonds is 3. The van der Waals surface area contributed by atoms with Gasteiger partial charge in [-0.1, -0.05) is 0 Å². The van der Waals surface area contributed by atoms with Crippen molar-refractivity contribution in [3.63, 3.8) is 0 Å². The number of benzene rings is 1. The van der Waals surface area contributed by atoms with Gasteiger partial charge >= 0.3 is 0 Å². The molecule has 0 aromatic heterocycles. The molecule has 0 spiro atoms. The monoisotopic (exact) mass is 295 g/mol. The van der Waals surface area contributed by atoms with Crippen LogP contribution in [0.3, 0.4) is 0 Å². The largest absolute Gasteiger partial charge is 0.326 e. The van der Waals surface area contributed by atoms with Gasteiger partial charge in [-0.3, -0.25) is 4.79 Å². The summed E-state index contributed by atoms with van der Waals surface area (Å²) >= 11 is 0. The summed E-state index contributed by atoms with van der Waals surface area (Å²) in [5.74, 6) is -0.0964. The van der Waals surface area contributed by atoms with Crippen LogP contribution in [-0.2, 0) is 21.2 Å². The Bertz CT molecular complexity index is 636. The minimum atomic E-state index is -3.52. The Morgan fingerprint density at radius 1 is 1.20 bits per heavy atom. The second kappa shape index (κ2) is 5.16. The van der Waals surface area contributed by atoms with Crippen molar-refractivity contribution in [2.24, 2.45) is 0 Å². The number of hydrogen-bond donors (Lipinski definition) is 3. The van der Waals surface area contributed by atoms with Gasteiger partial charge in [0.2, 0.25) is 15.9 Å². The molecule has 108 valence electrons. The van der Waals surface area contributed by atoms with Crippen LogP contribution in [0.4, 0.5) is 5.69 Å². The van der Waals surface area contributed by atoms with Crippen molar-refractivity contribution >= 4 is 21.6 Å². The minimum absolute atomic E-state index is 0.0192. The fourth-order valence-electron chi connectivity index (χ4n) is 2.60. The van der Waals surface area contributed by atoms with Crippen molar-refractivity contribution < 1.29 is 13.2 Å². The van der Waals surface area contributed by atoms with E-state index in [2.05, 4.69) is 15.4 Å².